The predicted molar refractivity (Wildman–Crippen MR) is 200 cm³/mol. The predicted octanol–water partition coefficient (Wildman–Crippen LogP) is 3.47. The number of nitrogens with zero attached hydrogens (tertiary/aromatic N) is 5. The molecule has 3 aliphatic rings. The third-order valence-electron chi connectivity index (χ3n) is 9.41. The number of likely N-dealkylation sites (tertiary alicyclic amines) is 3. The number of hydrogen-bond acceptors (Lipinski definition) is 8. The molecule has 14 heteroatoms. The fraction of sp³-hybridized carbons (Fsp3) is 0.513. The number of aryl methyl sites for hydroxylation is 1. The van der Waals surface area contributed by atoms with E-state index in [1.54, 1.807) is 4.90 Å². The Morgan fingerprint density at radius 2 is 1.60 bits per heavy atom. The van der Waals surface area contributed by atoms with Crippen molar-refractivity contribution in [3.05, 3.63) is 65.7 Å². The Labute approximate surface area is 311 Å². The summed E-state index contributed by atoms with van der Waals surface area (Å²) in [6.45, 7) is 7.46. The SMILES string of the molecule is CC(=O)NC1CCCCN(CC(=O)OCc2ccccc2)C1=O.Cc1cccc(NC(=NC2CCCCN(CC(=O)N3CCCC3C)C2=O)NC#N)c1. The molecule has 3 fully saturated rings. The molecule has 3 aliphatic heterocycles. The average Bonchev–Trinajstić information content (AvgIpc) is 3.41. The summed E-state index contributed by atoms with van der Waals surface area (Å²) in [4.78, 5) is 70.9. The summed E-state index contributed by atoms with van der Waals surface area (Å²) in [7, 11) is 0. The van der Waals surface area contributed by atoms with Crippen LogP contribution >= 0.6 is 0 Å². The molecule has 3 heterocycles. The second kappa shape index (κ2) is 20.6. The zero-order valence-corrected chi connectivity index (χ0v) is 31.0. The Hall–Kier alpha value is -5.45. The van der Waals surface area contributed by atoms with Crippen molar-refractivity contribution in [1.82, 2.24) is 25.3 Å². The van der Waals surface area contributed by atoms with Crippen LogP contribution in [0, 0.1) is 18.4 Å². The highest BCUT2D eigenvalue weighted by Gasteiger charge is 2.32. The van der Waals surface area contributed by atoms with E-state index in [9.17, 15) is 24.0 Å². The van der Waals surface area contributed by atoms with Crippen LogP contribution in [0.2, 0.25) is 0 Å². The molecule has 0 aliphatic carbocycles. The first-order valence-corrected chi connectivity index (χ1v) is 18.4. The van der Waals surface area contributed by atoms with E-state index in [0.717, 1.165) is 61.9 Å². The smallest absolute Gasteiger partial charge is 0.325 e. The van der Waals surface area contributed by atoms with Gasteiger partial charge in [0.25, 0.3) is 0 Å². The van der Waals surface area contributed by atoms with Crippen molar-refractivity contribution < 1.29 is 28.7 Å². The van der Waals surface area contributed by atoms with Gasteiger partial charge in [0.05, 0.1) is 6.54 Å². The van der Waals surface area contributed by atoms with Gasteiger partial charge in [0, 0.05) is 38.3 Å². The van der Waals surface area contributed by atoms with Crippen molar-refractivity contribution >= 4 is 41.2 Å². The number of carbonyl (C=O) groups excluding carboxylic acids is 5. The van der Waals surface area contributed by atoms with Gasteiger partial charge in [0.2, 0.25) is 29.6 Å². The molecule has 0 spiro atoms. The molecule has 4 amide bonds. The number of nitrogens with one attached hydrogen (secondary N) is 3. The summed E-state index contributed by atoms with van der Waals surface area (Å²) in [5.74, 6) is -0.804. The van der Waals surface area contributed by atoms with Crippen molar-refractivity contribution in [3.63, 3.8) is 0 Å². The second-order valence-corrected chi connectivity index (χ2v) is 13.7. The fourth-order valence-electron chi connectivity index (χ4n) is 6.66. The Morgan fingerprint density at radius 3 is 2.26 bits per heavy atom. The summed E-state index contributed by atoms with van der Waals surface area (Å²) < 4.78 is 5.22. The number of guanidine groups is 1. The maximum Gasteiger partial charge on any atom is 0.325 e. The average molecular weight is 729 g/mol. The first-order valence-electron chi connectivity index (χ1n) is 18.4. The molecule has 2 aromatic carbocycles. The van der Waals surface area contributed by atoms with Crippen LogP contribution in [-0.2, 0) is 35.3 Å². The molecule has 0 aromatic heterocycles. The lowest BCUT2D eigenvalue weighted by atomic mass is 10.1. The number of hydrogen-bond donors (Lipinski definition) is 3. The van der Waals surface area contributed by atoms with Gasteiger partial charge in [-0.05, 0) is 88.5 Å². The van der Waals surface area contributed by atoms with E-state index in [2.05, 4.69) is 27.9 Å². The number of anilines is 1. The summed E-state index contributed by atoms with van der Waals surface area (Å²) in [6.07, 6.45) is 8.44. The van der Waals surface area contributed by atoms with Crippen LogP contribution in [0.4, 0.5) is 5.69 Å². The molecule has 2 aromatic rings. The van der Waals surface area contributed by atoms with Gasteiger partial charge in [-0.2, -0.15) is 5.26 Å². The van der Waals surface area contributed by atoms with E-state index in [-0.39, 0.29) is 55.3 Å². The molecule has 284 valence electrons. The highest BCUT2D eigenvalue weighted by atomic mass is 16.5. The van der Waals surface area contributed by atoms with Crippen LogP contribution in [0.5, 0.6) is 0 Å². The Kier molecular flexibility index (Phi) is 15.6. The normalized spacial score (nSPS) is 20.6. The highest BCUT2D eigenvalue weighted by Crippen LogP contribution is 2.20. The number of amides is 4. The molecule has 3 unspecified atom stereocenters. The minimum atomic E-state index is -0.621. The summed E-state index contributed by atoms with van der Waals surface area (Å²) in [5, 5.41) is 17.4. The van der Waals surface area contributed by atoms with Crippen LogP contribution in [0.3, 0.4) is 0 Å². The molecule has 3 atom stereocenters. The lowest BCUT2D eigenvalue weighted by Crippen LogP contribution is -2.48. The molecule has 0 radical (unpaired) electrons. The van der Waals surface area contributed by atoms with Crippen molar-refractivity contribution in [1.29, 1.82) is 5.26 Å². The van der Waals surface area contributed by atoms with Crippen molar-refractivity contribution in [3.8, 4) is 6.19 Å². The number of carbonyl (C=O) groups is 5. The van der Waals surface area contributed by atoms with Crippen LogP contribution in [0.1, 0.15) is 76.3 Å². The molecular weight excluding hydrogens is 676 g/mol. The van der Waals surface area contributed by atoms with Gasteiger partial charge in [-0.1, -0.05) is 42.5 Å². The third kappa shape index (κ3) is 12.9. The lowest BCUT2D eigenvalue weighted by Gasteiger charge is -2.27. The van der Waals surface area contributed by atoms with Gasteiger partial charge >= 0.3 is 5.97 Å². The van der Waals surface area contributed by atoms with Gasteiger partial charge in [0.15, 0.2) is 6.19 Å². The summed E-state index contributed by atoms with van der Waals surface area (Å²) in [5.41, 5.74) is 2.76. The van der Waals surface area contributed by atoms with Gasteiger partial charge in [-0.15, -0.1) is 0 Å². The number of rotatable bonds is 9. The minimum Gasteiger partial charge on any atom is -0.459 e. The van der Waals surface area contributed by atoms with Crippen LogP contribution in [0.25, 0.3) is 0 Å². The maximum absolute atomic E-state index is 13.1. The van der Waals surface area contributed by atoms with Gasteiger partial charge < -0.3 is 30.1 Å². The Balaban J connectivity index is 0.000000245. The molecule has 0 bridgehead atoms. The number of benzene rings is 2. The van der Waals surface area contributed by atoms with E-state index in [1.807, 2.05) is 72.6 Å². The molecular formula is C39H52N8O6. The minimum absolute atomic E-state index is 0.00578. The molecule has 0 saturated carbocycles. The second-order valence-electron chi connectivity index (χ2n) is 13.7. The lowest BCUT2D eigenvalue weighted by molar-refractivity contribution is -0.150. The molecule has 3 saturated heterocycles. The van der Waals surface area contributed by atoms with Gasteiger partial charge in [0.1, 0.15) is 25.2 Å². The van der Waals surface area contributed by atoms with E-state index in [0.29, 0.717) is 25.9 Å². The Bertz CT molecular complexity index is 1640. The first-order chi connectivity index (χ1) is 25.5. The molecule has 5 rings (SSSR count). The fourth-order valence-corrected chi connectivity index (χ4v) is 6.66. The van der Waals surface area contributed by atoms with E-state index in [1.165, 1.54) is 11.8 Å². The number of nitriles is 1. The van der Waals surface area contributed by atoms with Crippen molar-refractivity contribution in [2.75, 3.05) is 38.0 Å². The standard InChI is InChI=1S/C22H30N6O2.C17H22N2O4/c1-16-7-5-9-18(13-16)25-22(24-15-23)26-19-10-3-4-11-27(21(19)30)14-20(29)28-12-6-8-17(28)2;1-13(20)18-15-9-5-6-10-19(17(15)22)11-16(21)23-12-14-7-3-2-4-8-14/h5,7,9,13,17,19H,3-4,6,8,10-12,14H2,1-2H3,(H2,24,25,26);2-4,7-8,15H,5-6,9-12H2,1H3,(H,18,20). The summed E-state index contributed by atoms with van der Waals surface area (Å²) >= 11 is 0. The molecule has 3 N–H and O–H groups in total. The third-order valence-corrected chi connectivity index (χ3v) is 9.41. The number of aliphatic imine (C=N–C) groups is 1. The van der Waals surface area contributed by atoms with Crippen LogP contribution in [0.15, 0.2) is 59.6 Å². The van der Waals surface area contributed by atoms with Gasteiger partial charge in [-0.3, -0.25) is 29.3 Å². The highest BCUT2D eigenvalue weighted by molar-refractivity contribution is 5.97. The van der Waals surface area contributed by atoms with Crippen molar-refractivity contribution in [2.45, 2.75) is 96.9 Å². The summed E-state index contributed by atoms with van der Waals surface area (Å²) in [6, 6.07) is 16.1. The molecule has 14 nitrogen and oxygen atoms in total. The maximum atomic E-state index is 13.1. The monoisotopic (exact) mass is 728 g/mol. The Morgan fingerprint density at radius 1 is 0.887 bits per heavy atom. The van der Waals surface area contributed by atoms with Crippen LogP contribution in [-0.4, -0.2) is 101 Å². The first kappa shape index (κ1) is 40.3. The van der Waals surface area contributed by atoms with Gasteiger partial charge in [-0.25, -0.2) is 4.99 Å². The van der Waals surface area contributed by atoms with E-state index >= 15 is 0 Å². The molecule has 53 heavy (non-hydrogen) atoms. The largest absolute Gasteiger partial charge is 0.459 e. The van der Waals surface area contributed by atoms with E-state index < -0.39 is 18.1 Å². The number of esters is 1. The number of ether oxygens (including phenoxy) is 1. The topological polar surface area (TPSA) is 177 Å². The van der Waals surface area contributed by atoms with Crippen molar-refractivity contribution in [2.24, 2.45) is 4.99 Å². The zero-order valence-electron chi connectivity index (χ0n) is 31.0. The quantitative estimate of drug-likeness (QED) is 0.115. The van der Waals surface area contributed by atoms with Crippen LogP contribution < -0.4 is 16.0 Å². The zero-order chi connectivity index (χ0) is 38.2. The van der Waals surface area contributed by atoms with E-state index in [4.69, 9.17) is 10.00 Å².